The number of hydrogen-bond donors (Lipinski definition) is 1. The van der Waals surface area contributed by atoms with Crippen molar-refractivity contribution < 1.29 is 9.53 Å². The molecule has 1 heterocycles. The minimum Gasteiger partial charge on any atom is -0.444 e. The molecule has 5 heteroatoms. The second-order valence-corrected chi connectivity index (χ2v) is 7.45. The van der Waals surface area contributed by atoms with Crippen LogP contribution in [-0.4, -0.2) is 48.6 Å². The molecule has 1 amide bonds. The van der Waals surface area contributed by atoms with Gasteiger partial charge in [0, 0.05) is 13.1 Å². The summed E-state index contributed by atoms with van der Waals surface area (Å²) >= 11 is 0. The first-order valence-electron chi connectivity index (χ1n) is 8.69. The van der Waals surface area contributed by atoms with E-state index in [0.717, 1.165) is 18.3 Å². The van der Waals surface area contributed by atoms with Crippen LogP contribution in [-0.2, 0) is 4.74 Å². The van der Waals surface area contributed by atoms with Crippen LogP contribution in [0.1, 0.15) is 59.3 Å². The zero-order valence-electron chi connectivity index (χ0n) is 14.4. The van der Waals surface area contributed by atoms with Crippen LogP contribution in [0.2, 0.25) is 0 Å². The van der Waals surface area contributed by atoms with E-state index in [2.05, 4.69) is 10.3 Å². The number of amidine groups is 1. The first-order valence-corrected chi connectivity index (χ1v) is 8.69. The standard InChI is InChI=1S/C17H31N3O2/c1-17(2,3)22-16(21)20-12-11-19-15(13-20)18-10-6-9-14-7-4-5-8-14/h14H,4-13H2,1-3H3,(H,18,19). The van der Waals surface area contributed by atoms with Gasteiger partial charge in [0.2, 0.25) is 0 Å². The molecule has 1 aliphatic carbocycles. The third-order valence-corrected chi connectivity index (χ3v) is 4.26. The van der Waals surface area contributed by atoms with E-state index in [1.807, 2.05) is 20.8 Å². The highest BCUT2D eigenvalue weighted by molar-refractivity contribution is 5.87. The van der Waals surface area contributed by atoms with Crippen molar-refractivity contribution in [1.82, 2.24) is 10.2 Å². The maximum absolute atomic E-state index is 12.1. The minimum atomic E-state index is -0.444. The largest absolute Gasteiger partial charge is 0.444 e. The number of ether oxygens (including phenoxy) is 1. The highest BCUT2D eigenvalue weighted by Crippen LogP contribution is 2.28. The fourth-order valence-corrected chi connectivity index (χ4v) is 3.13. The van der Waals surface area contributed by atoms with E-state index in [4.69, 9.17) is 4.74 Å². The number of aliphatic imine (C=N–C) groups is 1. The third-order valence-electron chi connectivity index (χ3n) is 4.26. The molecule has 1 aliphatic heterocycles. The Balaban J connectivity index is 1.66. The second-order valence-electron chi connectivity index (χ2n) is 7.45. The average Bonchev–Trinajstić information content (AvgIpc) is 2.95. The Hall–Kier alpha value is -1.26. The molecule has 0 unspecified atom stereocenters. The van der Waals surface area contributed by atoms with Crippen molar-refractivity contribution in [1.29, 1.82) is 0 Å². The number of carbonyl (C=O) groups excluding carboxylic acids is 1. The lowest BCUT2D eigenvalue weighted by Gasteiger charge is -2.30. The Morgan fingerprint density at radius 1 is 1.36 bits per heavy atom. The molecule has 0 saturated heterocycles. The molecule has 0 aromatic carbocycles. The maximum atomic E-state index is 12.1. The lowest BCUT2D eigenvalue weighted by atomic mass is 10.0. The van der Waals surface area contributed by atoms with E-state index in [1.165, 1.54) is 38.5 Å². The van der Waals surface area contributed by atoms with Crippen LogP contribution in [0.25, 0.3) is 0 Å². The van der Waals surface area contributed by atoms with Gasteiger partial charge in [0.25, 0.3) is 0 Å². The first kappa shape index (κ1) is 17.1. The van der Waals surface area contributed by atoms with Gasteiger partial charge in [0.15, 0.2) is 0 Å². The van der Waals surface area contributed by atoms with Gasteiger partial charge < -0.3 is 10.1 Å². The Labute approximate surface area is 134 Å². The van der Waals surface area contributed by atoms with E-state index in [1.54, 1.807) is 4.90 Å². The monoisotopic (exact) mass is 309 g/mol. The molecule has 0 atom stereocenters. The highest BCUT2D eigenvalue weighted by atomic mass is 16.6. The van der Waals surface area contributed by atoms with Crippen LogP contribution in [0, 0.1) is 5.92 Å². The number of rotatable bonds is 4. The normalized spacial score (nSPS) is 20.0. The number of carbonyl (C=O) groups is 1. The van der Waals surface area contributed by atoms with Gasteiger partial charge in [-0.2, -0.15) is 0 Å². The molecule has 1 saturated carbocycles. The summed E-state index contributed by atoms with van der Waals surface area (Å²) in [4.78, 5) is 18.3. The zero-order chi connectivity index (χ0) is 16.0. The summed E-state index contributed by atoms with van der Waals surface area (Å²) in [6.45, 7) is 8.48. The number of nitrogens with zero attached hydrogens (tertiary/aromatic N) is 2. The molecule has 1 N–H and O–H groups in total. The van der Waals surface area contributed by atoms with E-state index >= 15 is 0 Å². The van der Waals surface area contributed by atoms with Gasteiger partial charge in [0.05, 0.1) is 13.1 Å². The summed E-state index contributed by atoms with van der Waals surface area (Å²) in [5.74, 6) is 1.86. The number of amides is 1. The predicted molar refractivity (Wildman–Crippen MR) is 89.3 cm³/mol. The first-order chi connectivity index (χ1) is 10.4. The van der Waals surface area contributed by atoms with Gasteiger partial charge in [-0.05, 0) is 39.5 Å². The van der Waals surface area contributed by atoms with Crippen LogP contribution in [0.5, 0.6) is 0 Å². The van der Waals surface area contributed by atoms with Crippen molar-refractivity contribution in [2.75, 3.05) is 26.2 Å². The summed E-state index contributed by atoms with van der Waals surface area (Å²) in [7, 11) is 0. The average molecular weight is 309 g/mol. The molecular formula is C17H31N3O2. The topological polar surface area (TPSA) is 53.9 Å². The van der Waals surface area contributed by atoms with Crippen molar-refractivity contribution >= 4 is 11.9 Å². The molecule has 126 valence electrons. The summed E-state index contributed by atoms with van der Waals surface area (Å²) in [6.07, 6.45) is 7.91. The van der Waals surface area contributed by atoms with Crippen LogP contribution >= 0.6 is 0 Å². The Morgan fingerprint density at radius 2 is 2.09 bits per heavy atom. The van der Waals surface area contributed by atoms with Gasteiger partial charge in [-0.25, -0.2) is 4.79 Å². The van der Waals surface area contributed by atoms with Gasteiger partial charge in [-0.3, -0.25) is 9.89 Å². The molecule has 0 bridgehead atoms. The van der Waals surface area contributed by atoms with Gasteiger partial charge in [0.1, 0.15) is 11.4 Å². The SMILES string of the molecule is CC(C)(C)OC(=O)N1CCN=C(NCCCC2CCCC2)C1. The van der Waals surface area contributed by atoms with Crippen LogP contribution in [0.3, 0.4) is 0 Å². The lowest BCUT2D eigenvalue weighted by molar-refractivity contribution is 0.0276. The molecule has 0 aromatic heterocycles. The van der Waals surface area contributed by atoms with Crippen molar-refractivity contribution in [3.05, 3.63) is 0 Å². The van der Waals surface area contributed by atoms with Crippen molar-refractivity contribution in [3.63, 3.8) is 0 Å². The highest BCUT2D eigenvalue weighted by Gasteiger charge is 2.24. The molecule has 1 fully saturated rings. The van der Waals surface area contributed by atoms with Crippen LogP contribution < -0.4 is 5.32 Å². The molecule has 0 aromatic rings. The third kappa shape index (κ3) is 5.85. The maximum Gasteiger partial charge on any atom is 0.410 e. The second kappa shape index (κ2) is 7.84. The zero-order valence-corrected chi connectivity index (χ0v) is 14.4. The Kier molecular flexibility index (Phi) is 6.09. The molecule has 2 aliphatic rings. The summed E-state index contributed by atoms with van der Waals surface area (Å²) in [5, 5.41) is 3.39. The molecule has 2 rings (SSSR count). The van der Waals surface area contributed by atoms with E-state index in [-0.39, 0.29) is 6.09 Å². The van der Waals surface area contributed by atoms with Crippen molar-refractivity contribution in [3.8, 4) is 0 Å². The van der Waals surface area contributed by atoms with Crippen molar-refractivity contribution in [2.45, 2.75) is 64.9 Å². The number of hydrogen-bond acceptors (Lipinski definition) is 4. The van der Waals surface area contributed by atoms with E-state index in [0.29, 0.717) is 19.6 Å². The molecule has 22 heavy (non-hydrogen) atoms. The quantitative estimate of drug-likeness (QED) is 0.811. The smallest absolute Gasteiger partial charge is 0.410 e. The minimum absolute atomic E-state index is 0.243. The Bertz CT molecular complexity index is 395. The van der Waals surface area contributed by atoms with Crippen LogP contribution in [0.4, 0.5) is 4.79 Å². The molecule has 5 nitrogen and oxygen atoms in total. The van der Waals surface area contributed by atoms with E-state index in [9.17, 15) is 4.79 Å². The lowest BCUT2D eigenvalue weighted by Crippen LogP contribution is -2.47. The van der Waals surface area contributed by atoms with Crippen LogP contribution in [0.15, 0.2) is 4.99 Å². The van der Waals surface area contributed by atoms with Gasteiger partial charge >= 0.3 is 6.09 Å². The summed E-state index contributed by atoms with van der Waals surface area (Å²) in [5.41, 5.74) is -0.444. The molecular weight excluding hydrogens is 278 g/mol. The fraction of sp³-hybridized carbons (Fsp3) is 0.882. The molecule has 0 radical (unpaired) electrons. The summed E-state index contributed by atoms with van der Waals surface area (Å²) in [6, 6.07) is 0. The van der Waals surface area contributed by atoms with E-state index < -0.39 is 5.60 Å². The van der Waals surface area contributed by atoms with Gasteiger partial charge in [-0.15, -0.1) is 0 Å². The summed E-state index contributed by atoms with van der Waals surface area (Å²) < 4.78 is 5.42. The fourth-order valence-electron chi connectivity index (χ4n) is 3.13. The number of nitrogens with one attached hydrogen (secondary N) is 1. The van der Waals surface area contributed by atoms with Gasteiger partial charge in [-0.1, -0.05) is 25.7 Å². The van der Waals surface area contributed by atoms with Crippen molar-refractivity contribution in [2.24, 2.45) is 10.9 Å². The Morgan fingerprint density at radius 3 is 2.77 bits per heavy atom. The molecule has 0 spiro atoms. The predicted octanol–water partition coefficient (Wildman–Crippen LogP) is 3.20.